The van der Waals surface area contributed by atoms with E-state index in [2.05, 4.69) is 5.32 Å². The molecule has 1 fully saturated rings. The summed E-state index contributed by atoms with van der Waals surface area (Å²) < 4.78 is 0. The van der Waals surface area contributed by atoms with Crippen molar-refractivity contribution in [3.8, 4) is 5.75 Å². The number of anilines is 1. The summed E-state index contributed by atoms with van der Waals surface area (Å²) in [6.07, 6.45) is 1.50. The quantitative estimate of drug-likeness (QED) is 0.779. The molecule has 0 atom stereocenters. The number of phenolic OH excluding ortho intramolecular Hbond substituents is 1. The standard InChI is InChI=1S/C18H13ClN2O4S/c19-12-4-6-13(7-5-12)20-16(23)10-21-17(24)15(26-18(21)25)9-11-2-1-3-14(22)8-11/h1-9,22H,10H2,(H,20,23)/b15-9-. The van der Waals surface area contributed by atoms with Crippen LogP contribution >= 0.6 is 23.4 Å². The number of rotatable bonds is 4. The number of carbonyl (C=O) groups excluding carboxylic acids is 3. The molecule has 6 nitrogen and oxygen atoms in total. The van der Waals surface area contributed by atoms with E-state index in [-0.39, 0.29) is 17.2 Å². The molecule has 0 aliphatic carbocycles. The van der Waals surface area contributed by atoms with Gasteiger partial charge in [-0.05, 0) is 59.8 Å². The molecule has 1 aliphatic heterocycles. The zero-order valence-corrected chi connectivity index (χ0v) is 14.9. The fraction of sp³-hybridized carbons (Fsp3) is 0.0556. The maximum atomic E-state index is 12.4. The molecule has 3 rings (SSSR count). The van der Waals surface area contributed by atoms with E-state index in [9.17, 15) is 19.5 Å². The van der Waals surface area contributed by atoms with Crippen molar-refractivity contribution in [2.75, 3.05) is 11.9 Å². The molecule has 1 heterocycles. The lowest BCUT2D eigenvalue weighted by Gasteiger charge is -2.12. The van der Waals surface area contributed by atoms with Crippen LogP contribution in [-0.2, 0) is 9.59 Å². The fourth-order valence-corrected chi connectivity index (χ4v) is 3.24. The molecule has 2 aromatic rings. The highest BCUT2D eigenvalue weighted by molar-refractivity contribution is 8.18. The van der Waals surface area contributed by atoms with Gasteiger partial charge in [0.1, 0.15) is 12.3 Å². The number of hydrogen-bond donors (Lipinski definition) is 2. The molecule has 0 unspecified atom stereocenters. The number of benzene rings is 2. The molecule has 0 radical (unpaired) electrons. The van der Waals surface area contributed by atoms with Gasteiger partial charge in [-0.2, -0.15) is 0 Å². The van der Waals surface area contributed by atoms with Crippen molar-refractivity contribution in [3.05, 3.63) is 64.0 Å². The highest BCUT2D eigenvalue weighted by atomic mass is 35.5. The van der Waals surface area contributed by atoms with Gasteiger partial charge in [0.2, 0.25) is 5.91 Å². The van der Waals surface area contributed by atoms with Gasteiger partial charge < -0.3 is 10.4 Å². The van der Waals surface area contributed by atoms with Crippen molar-refractivity contribution in [3.63, 3.8) is 0 Å². The van der Waals surface area contributed by atoms with E-state index in [1.165, 1.54) is 18.2 Å². The first-order valence-corrected chi connectivity index (χ1v) is 8.71. The van der Waals surface area contributed by atoms with E-state index in [0.717, 1.165) is 16.7 Å². The van der Waals surface area contributed by atoms with Crippen molar-refractivity contribution < 1.29 is 19.5 Å². The number of thioether (sulfide) groups is 1. The zero-order valence-electron chi connectivity index (χ0n) is 13.3. The third-order valence-corrected chi connectivity index (χ3v) is 4.63. The minimum atomic E-state index is -0.547. The second kappa shape index (κ2) is 7.63. The molecular formula is C18H13ClN2O4S. The molecule has 0 aromatic heterocycles. The van der Waals surface area contributed by atoms with Gasteiger partial charge >= 0.3 is 0 Å². The zero-order chi connectivity index (χ0) is 18.7. The number of aromatic hydroxyl groups is 1. The van der Waals surface area contributed by atoms with Crippen LogP contribution in [-0.4, -0.2) is 33.6 Å². The van der Waals surface area contributed by atoms with Crippen LogP contribution in [0.2, 0.25) is 5.02 Å². The molecule has 3 amide bonds. The molecule has 1 saturated heterocycles. The van der Waals surface area contributed by atoms with E-state index in [4.69, 9.17) is 11.6 Å². The number of phenols is 1. The summed E-state index contributed by atoms with van der Waals surface area (Å²) in [6, 6.07) is 12.8. The van der Waals surface area contributed by atoms with Gasteiger partial charge in [0.25, 0.3) is 11.1 Å². The molecule has 8 heteroatoms. The lowest BCUT2D eigenvalue weighted by molar-refractivity contribution is -0.127. The summed E-state index contributed by atoms with van der Waals surface area (Å²) >= 11 is 6.53. The molecule has 0 bridgehead atoms. The number of imide groups is 1. The molecular weight excluding hydrogens is 376 g/mol. The Morgan fingerprint density at radius 2 is 1.92 bits per heavy atom. The van der Waals surface area contributed by atoms with E-state index < -0.39 is 17.1 Å². The largest absolute Gasteiger partial charge is 0.508 e. The topological polar surface area (TPSA) is 86.7 Å². The normalized spacial score (nSPS) is 15.6. The van der Waals surface area contributed by atoms with Crippen molar-refractivity contribution in [2.45, 2.75) is 0 Å². The van der Waals surface area contributed by atoms with Crippen LogP contribution in [0.3, 0.4) is 0 Å². The Morgan fingerprint density at radius 3 is 2.62 bits per heavy atom. The Balaban J connectivity index is 1.69. The second-order valence-electron chi connectivity index (χ2n) is 5.42. The smallest absolute Gasteiger partial charge is 0.294 e. The van der Waals surface area contributed by atoms with Crippen molar-refractivity contribution in [1.82, 2.24) is 4.90 Å². The highest BCUT2D eigenvalue weighted by Gasteiger charge is 2.36. The van der Waals surface area contributed by atoms with Crippen LogP contribution in [0, 0.1) is 0 Å². The summed E-state index contributed by atoms with van der Waals surface area (Å²) in [5.74, 6) is -0.983. The summed E-state index contributed by atoms with van der Waals surface area (Å²) in [4.78, 5) is 37.6. The van der Waals surface area contributed by atoms with Crippen LogP contribution < -0.4 is 5.32 Å². The molecule has 1 aliphatic rings. The first-order valence-electron chi connectivity index (χ1n) is 7.52. The van der Waals surface area contributed by atoms with Crippen LogP contribution in [0.4, 0.5) is 10.5 Å². The predicted octanol–water partition coefficient (Wildman–Crippen LogP) is 3.72. The van der Waals surface area contributed by atoms with Crippen molar-refractivity contribution in [1.29, 1.82) is 0 Å². The van der Waals surface area contributed by atoms with Gasteiger partial charge in [-0.1, -0.05) is 23.7 Å². The molecule has 2 aromatic carbocycles. The summed E-state index contributed by atoms with van der Waals surface area (Å²) in [5, 5.41) is 12.1. The van der Waals surface area contributed by atoms with E-state index in [0.29, 0.717) is 16.3 Å². The maximum Gasteiger partial charge on any atom is 0.294 e. The number of nitrogens with zero attached hydrogens (tertiary/aromatic N) is 1. The van der Waals surface area contributed by atoms with Crippen molar-refractivity contribution >= 4 is 52.2 Å². The van der Waals surface area contributed by atoms with E-state index in [1.54, 1.807) is 36.4 Å². The Bertz CT molecular complexity index is 912. The number of nitrogens with one attached hydrogen (secondary N) is 1. The Kier molecular flexibility index (Phi) is 5.29. The second-order valence-corrected chi connectivity index (χ2v) is 6.85. The third kappa shape index (κ3) is 4.25. The predicted molar refractivity (Wildman–Crippen MR) is 101 cm³/mol. The third-order valence-electron chi connectivity index (χ3n) is 3.47. The summed E-state index contributed by atoms with van der Waals surface area (Å²) in [5.41, 5.74) is 1.10. The van der Waals surface area contributed by atoms with Crippen LogP contribution in [0.15, 0.2) is 53.4 Å². The molecule has 132 valence electrons. The van der Waals surface area contributed by atoms with Gasteiger partial charge in [0, 0.05) is 10.7 Å². The van der Waals surface area contributed by atoms with Gasteiger partial charge in [-0.25, -0.2) is 0 Å². The highest BCUT2D eigenvalue weighted by Crippen LogP contribution is 2.32. The molecule has 2 N–H and O–H groups in total. The Hall–Kier alpha value is -2.77. The lowest BCUT2D eigenvalue weighted by atomic mass is 10.2. The number of hydrogen-bond acceptors (Lipinski definition) is 5. The van der Waals surface area contributed by atoms with Crippen LogP contribution in [0.25, 0.3) is 6.08 Å². The average Bonchev–Trinajstić information content (AvgIpc) is 2.84. The first-order chi connectivity index (χ1) is 12.4. The lowest BCUT2D eigenvalue weighted by Crippen LogP contribution is -2.36. The molecule has 0 spiro atoms. The monoisotopic (exact) mass is 388 g/mol. The van der Waals surface area contributed by atoms with Crippen LogP contribution in [0.5, 0.6) is 5.75 Å². The van der Waals surface area contributed by atoms with Crippen molar-refractivity contribution in [2.24, 2.45) is 0 Å². The van der Waals surface area contributed by atoms with E-state index in [1.807, 2.05) is 0 Å². The number of amides is 3. The SMILES string of the molecule is O=C(CN1C(=O)S/C(=C\c2cccc(O)c2)C1=O)Nc1ccc(Cl)cc1. The molecule has 0 saturated carbocycles. The van der Waals surface area contributed by atoms with Gasteiger partial charge in [0.05, 0.1) is 4.91 Å². The fourth-order valence-electron chi connectivity index (χ4n) is 2.28. The summed E-state index contributed by atoms with van der Waals surface area (Å²) in [7, 11) is 0. The number of carbonyl (C=O) groups is 3. The maximum absolute atomic E-state index is 12.4. The van der Waals surface area contributed by atoms with Gasteiger partial charge in [-0.15, -0.1) is 0 Å². The summed E-state index contributed by atoms with van der Waals surface area (Å²) in [6.45, 7) is -0.384. The average molecular weight is 389 g/mol. The minimum Gasteiger partial charge on any atom is -0.508 e. The number of halogens is 1. The minimum absolute atomic E-state index is 0.0559. The molecule has 26 heavy (non-hydrogen) atoms. The van der Waals surface area contributed by atoms with Crippen LogP contribution in [0.1, 0.15) is 5.56 Å². The Morgan fingerprint density at radius 1 is 1.19 bits per heavy atom. The first kappa shape index (κ1) is 18.0. The van der Waals surface area contributed by atoms with Gasteiger partial charge in [-0.3, -0.25) is 19.3 Å². The Labute approximate surface area is 158 Å². The van der Waals surface area contributed by atoms with Gasteiger partial charge in [0.15, 0.2) is 0 Å². The van der Waals surface area contributed by atoms with E-state index >= 15 is 0 Å².